The zero-order valence-electron chi connectivity index (χ0n) is 55.5. The molecule has 5 amide bonds. The van der Waals surface area contributed by atoms with Crippen molar-refractivity contribution in [3.05, 3.63) is 143 Å². The highest BCUT2D eigenvalue weighted by Gasteiger charge is 2.67. The fraction of sp³-hybridized carbons (Fsp3) is 0.514. The molecule has 4 aliphatic heterocycles. The second kappa shape index (κ2) is 29.1. The number of allylic oxidation sites excluding steroid dienone is 1. The van der Waals surface area contributed by atoms with Crippen LogP contribution >= 0.6 is 11.8 Å². The molecule has 95 heavy (non-hydrogen) atoms. The SMILES string of the molecule is C=C1c2cccc(NCCOCCOCc3cn(CCCC(=O)N4CCN(CC[C@H](CSc5ccccc5)Nc5ccc(S(=O)(=O)NC(=O)c6ccc(N7CCN(CC8=C(C9%10CC(C)(C9)C%10)CC(C)(C)CC8)CC7)cc6)cc5C)CC4)nn3)c2C(=O)N1C1CCC(=O)NC1=O. The number of amides is 5. The summed E-state index contributed by atoms with van der Waals surface area (Å²) in [4.78, 5) is 76.6. The normalized spacial score (nSPS) is 22.4. The minimum atomic E-state index is -4.18. The average Bonchev–Trinajstić information content (AvgIpc) is 0.742. The summed E-state index contributed by atoms with van der Waals surface area (Å²) >= 11 is 1.77. The van der Waals surface area contributed by atoms with Gasteiger partial charge in [0.1, 0.15) is 11.7 Å². The first kappa shape index (κ1) is 67.6. The molecule has 4 aliphatic carbocycles. The first-order valence-corrected chi connectivity index (χ1v) is 36.4. The Hall–Kier alpha value is -7.41. The summed E-state index contributed by atoms with van der Waals surface area (Å²) in [6.07, 6.45) is 12.0. The number of benzene rings is 4. The molecule has 1 aromatic heterocycles. The van der Waals surface area contributed by atoms with Gasteiger partial charge < -0.3 is 29.9 Å². The highest BCUT2D eigenvalue weighted by molar-refractivity contribution is 7.99. The topological polar surface area (TPSA) is 233 Å². The smallest absolute Gasteiger partial charge is 0.264 e. The van der Waals surface area contributed by atoms with Crippen LogP contribution in [0, 0.1) is 23.2 Å². The average molecular weight is 1330 g/mol. The van der Waals surface area contributed by atoms with E-state index in [1.807, 2.05) is 54.4 Å². The van der Waals surface area contributed by atoms with Crippen molar-refractivity contribution in [3.63, 3.8) is 0 Å². The zero-order chi connectivity index (χ0) is 66.5. The number of ether oxygens (including phenoxy) is 2. The van der Waals surface area contributed by atoms with Crippen LogP contribution in [0.5, 0.6) is 0 Å². The summed E-state index contributed by atoms with van der Waals surface area (Å²) in [5.74, 6) is -0.947. The van der Waals surface area contributed by atoms with Gasteiger partial charge in [-0.2, -0.15) is 0 Å². The molecular weight excluding hydrogens is 1240 g/mol. The number of aromatic nitrogens is 3. The predicted octanol–water partition coefficient (Wildman–Crippen LogP) is 8.99. The van der Waals surface area contributed by atoms with E-state index >= 15 is 0 Å². The number of imide groups is 1. The minimum absolute atomic E-state index is 0.0211. The number of carbonyl (C=O) groups excluding carboxylic acids is 5. The molecule has 3 saturated heterocycles. The van der Waals surface area contributed by atoms with Gasteiger partial charge in [0.25, 0.3) is 21.8 Å². The molecule has 1 unspecified atom stereocenters. The number of thioether (sulfide) groups is 1. The van der Waals surface area contributed by atoms with Crippen LogP contribution in [0.3, 0.4) is 0 Å². The van der Waals surface area contributed by atoms with Crippen LogP contribution < -0.4 is 25.6 Å². The third-order valence-electron chi connectivity index (χ3n) is 20.4. The van der Waals surface area contributed by atoms with Crippen LogP contribution in [-0.4, -0.2) is 182 Å². The molecule has 23 heteroatoms. The number of rotatable bonds is 29. The van der Waals surface area contributed by atoms with Gasteiger partial charge >= 0.3 is 0 Å². The third kappa shape index (κ3) is 16.0. The van der Waals surface area contributed by atoms with Crippen LogP contribution in [-0.2, 0) is 47.0 Å². The molecule has 2 atom stereocenters. The highest BCUT2D eigenvalue weighted by atomic mass is 32.2. The Labute approximate surface area is 563 Å². The number of anilines is 3. The van der Waals surface area contributed by atoms with Gasteiger partial charge in [0.2, 0.25) is 17.7 Å². The lowest BCUT2D eigenvalue weighted by molar-refractivity contribution is -0.167. The number of hydrogen-bond acceptors (Lipinski definition) is 17. The Morgan fingerprint density at radius 3 is 2.32 bits per heavy atom. The van der Waals surface area contributed by atoms with E-state index in [0.717, 1.165) is 86.4 Å². The van der Waals surface area contributed by atoms with Gasteiger partial charge in [-0.3, -0.25) is 48.7 Å². The standard InChI is InChI=1S/C72H92N12O9S2/c1-50-41-58(95(90,91)77-67(87)52-16-18-56(19-17-52)81-34-32-80(33-35-81)43-53-24-26-70(3,4)42-60(53)72-47-71(5,48-72)49-72)20-21-61(50)74-54(46-94-57-11-7-6-8-12-57)25-29-79-30-36-82(37-31-79)65(86)15-10-28-83-44-55(76-78-83)45-93-40-39-92-38-27-73-62-14-9-13-59-51(2)84(69(89)66(59)62)63-22-23-64(85)75-68(63)88/h6-9,11-14,16-21,41,44,54,63,73-74H,2,10,15,22-40,42-43,45-49H2,1,3-5H3,(H,77,87)(H,75,85,88)/t54-,63?,71?,72?/m1/s1. The van der Waals surface area contributed by atoms with Crippen LogP contribution in [0.15, 0.2) is 125 Å². The third-order valence-corrected chi connectivity index (χ3v) is 22.9. The van der Waals surface area contributed by atoms with Gasteiger partial charge in [-0.15, -0.1) is 16.9 Å². The fourth-order valence-corrected chi connectivity index (χ4v) is 17.4. The van der Waals surface area contributed by atoms with E-state index in [-0.39, 0.29) is 53.7 Å². The van der Waals surface area contributed by atoms with E-state index in [4.69, 9.17) is 9.47 Å². The van der Waals surface area contributed by atoms with Gasteiger partial charge in [-0.05, 0) is 147 Å². The van der Waals surface area contributed by atoms with Gasteiger partial charge in [0, 0.05) is 142 Å². The zero-order valence-corrected chi connectivity index (χ0v) is 57.1. The predicted molar refractivity (Wildman–Crippen MR) is 368 cm³/mol. The number of nitrogens with one attached hydrogen (secondary N) is 4. The largest absolute Gasteiger partial charge is 0.382 e. The van der Waals surface area contributed by atoms with E-state index < -0.39 is 27.9 Å². The first-order valence-electron chi connectivity index (χ1n) is 33.9. The molecule has 3 saturated carbocycles. The molecular formula is C72H92N12O9S2. The molecule has 2 bridgehead atoms. The van der Waals surface area contributed by atoms with Crippen molar-refractivity contribution in [1.29, 1.82) is 0 Å². The molecule has 4 aromatic carbocycles. The van der Waals surface area contributed by atoms with Gasteiger partial charge in [0.05, 0.1) is 43.1 Å². The van der Waals surface area contributed by atoms with E-state index in [1.54, 1.807) is 70.1 Å². The lowest BCUT2D eigenvalue weighted by Gasteiger charge is -2.72. The van der Waals surface area contributed by atoms with Crippen molar-refractivity contribution in [2.75, 3.05) is 113 Å². The number of fused-ring (bicyclic) bond motifs is 1. The minimum Gasteiger partial charge on any atom is -0.382 e. The summed E-state index contributed by atoms with van der Waals surface area (Å²) in [6, 6.07) is 27.2. The quantitative estimate of drug-likeness (QED) is 0.0151. The van der Waals surface area contributed by atoms with Crippen molar-refractivity contribution in [2.24, 2.45) is 16.2 Å². The highest BCUT2D eigenvalue weighted by Crippen LogP contribution is 2.77. The number of aryl methyl sites for hydroxylation is 2. The molecule has 0 spiro atoms. The number of sulfonamides is 1. The Kier molecular flexibility index (Phi) is 20.7. The maximum atomic E-state index is 13.8. The summed E-state index contributed by atoms with van der Waals surface area (Å²) < 4.78 is 43.1. The first-order chi connectivity index (χ1) is 45.7. The van der Waals surface area contributed by atoms with Crippen molar-refractivity contribution in [1.82, 2.24) is 44.6 Å². The second-order valence-electron chi connectivity index (χ2n) is 28.2. The van der Waals surface area contributed by atoms with Crippen molar-refractivity contribution >= 4 is 74.1 Å². The Morgan fingerprint density at radius 1 is 0.832 bits per heavy atom. The number of piperazine rings is 2. The Balaban J connectivity index is 0.538. The molecule has 13 rings (SSSR count). The maximum Gasteiger partial charge on any atom is 0.264 e. The summed E-state index contributed by atoms with van der Waals surface area (Å²) in [7, 11) is -4.18. The molecule has 8 aliphatic rings. The maximum absolute atomic E-state index is 13.8. The molecule has 6 fully saturated rings. The molecule has 21 nitrogen and oxygen atoms in total. The van der Waals surface area contributed by atoms with Crippen LogP contribution in [0.1, 0.15) is 129 Å². The van der Waals surface area contributed by atoms with Gasteiger partial charge in [0.15, 0.2) is 0 Å². The van der Waals surface area contributed by atoms with E-state index in [1.165, 1.54) is 43.4 Å². The summed E-state index contributed by atoms with van der Waals surface area (Å²) in [5.41, 5.74) is 10.7. The number of hydrogen-bond donors (Lipinski definition) is 4. The molecule has 5 heterocycles. The molecule has 4 N–H and O–H groups in total. The fourth-order valence-electron chi connectivity index (χ4n) is 15.4. The van der Waals surface area contributed by atoms with E-state index in [2.05, 4.69) is 85.2 Å². The lowest BCUT2D eigenvalue weighted by Crippen LogP contribution is -2.61. The lowest BCUT2D eigenvalue weighted by atomic mass is 9.33. The Morgan fingerprint density at radius 2 is 1.58 bits per heavy atom. The van der Waals surface area contributed by atoms with Gasteiger partial charge in [-0.1, -0.05) is 74.0 Å². The molecule has 0 radical (unpaired) electrons. The Bertz CT molecular complexity index is 3780. The van der Waals surface area contributed by atoms with E-state index in [0.29, 0.717) is 103 Å². The number of carbonyl (C=O) groups is 5. The van der Waals surface area contributed by atoms with Crippen molar-refractivity contribution in [2.45, 2.75) is 133 Å². The number of piperidine rings is 1. The van der Waals surface area contributed by atoms with E-state index in [9.17, 15) is 32.4 Å². The van der Waals surface area contributed by atoms with Crippen molar-refractivity contribution < 1.29 is 41.9 Å². The summed E-state index contributed by atoms with van der Waals surface area (Å²) in [5, 5.41) is 17.8. The monoisotopic (exact) mass is 1330 g/mol. The second-order valence-corrected chi connectivity index (χ2v) is 31.0. The number of nitrogens with zero attached hydrogens (tertiary/aromatic N) is 8. The van der Waals surface area contributed by atoms with Crippen LogP contribution in [0.4, 0.5) is 17.1 Å². The molecule has 506 valence electrons. The van der Waals surface area contributed by atoms with Crippen molar-refractivity contribution in [3.8, 4) is 0 Å². The molecule has 5 aromatic rings. The van der Waals surface area contributed by atoms with Crippen LogP contribution in [0.2, 0.25) is 0 Å². The van der Waals surface area contributed by atoms with Crippen LogP contribution in [0.25, 0.3) is 5.70 Å². The summed E-state index contributed by atoms with van der Waals surface area (Å²) in [6.45, 7) is 24.1. The van der Waals surface area contributed by atoms with Gasteiger partial charge in [-0.25, -0.2) is 13.1 Å².